The van der Waals surface area contributed by atoms with Crippen LogP contribution in [-0.2, 0) is 14.3 Å². The number of ether oxygens (including phenoxy) is 1. The van der Waals surface area contributed by atoms with E-state index < -0.39 is 12.1 Å². The van der Waals surface area contributed by atoms with Gasteiger partial charge in [-0.3, -0.25) is 9.59 Å². The molecule has 0 aliphatic carbocycles. The number of esters is 1. The van der Waals surface area contributed by atoms with Gasteiger partial charge >= 0.3 is 5.97 Å². The minimum absolute atomic E-state index is 0.0154. The number of unbranched alkanes of at least 4 members (excludes halogenated alkanes) is 54. The average Bonchev–Trinajstić information content (AvgIpc) is 3.40. The maximum Gasteiger partial charge on any atom is 0.305 e. The summed E-state index contributed by atoms with van der Waals surface area (Å²) in [6.07, 6.45) is 77.1. The minimum Gasteiger partial charge on any atom is -0.466 e. The summed E-state index contributed by atoms with van der Waals surface area (Å²) in [6, 6.07) is -0.541. The van der Waals surface area contributed by atoms with Gasteiger partial charge in [0.1, 0.15) is 0 Å². The Hall–Kier alpha value is -1.14. The van der Waals surface area contributed by atoms with Crippen LogP contribution in [0.25, 0.3) is 0 Å². The molecule has 0 fully saturated rings. The monoisotopic (exact) mass is 1050 g/mol. The lowest BCUT2D eigenvalue weighted by Gasteiger charge is -2.22. The zero-order chi connectivity index (χ0) is 53.6. The zero-order valence-electron chi connectivity index (χ0n) is 50.6. The molecule has 1 amide bonds. The second-order valence-electron chi connectivity index (χ2n) is 23.9. The van der Waals surface area contributed by atoms with Crippen LogP contribution in [0.5, 0.6) is 0 Å². The Labute approximate surface area is 464 Å². The standard InChI is InChI=1S/C68H135NO5/c1-3-5-7-9-11-13-15-17-18-19-20-21-22-25-28-31-34-37-40-44-48-52-56-60-66(71)65(64-70)69-67(72)61-57-53-49-45-41-38-35-32-29-26-23-24-27-30-33-36-39-43-47-51-55-59-63-74-68(73)62-58-54-50-46-42-16-14-12-10-8-6-4-2/h65-66,70-71H,3-64H2,1-2H3,(H,69,72). The Morgan fingerprint density at radius 1 is 0.324 bits per heavy atom. The van der Waals surface area contributed by atoms with Crippen molar-refractivity contribution in [2.75, 3.05) is 13.2 Å². The number of aliphatic hydroxyl groups excluding tert-OH is 2. The number of amides is 1. The van der Waals surface area contributed by atoms with Crippen LogP contribution in [0.1, 0.15) is 399 Å². The van der Waals surface area contributed by atoms with Crippen molar-refractivity contribution >= 4 is 11.9 Å². The summed E-state index contributed by atoms with van der Waals surface area (Å²) < 4.78 is 5.48. The molecule has 2 unspecified atom stereocenters. The number of carbonyl (C=O) groups is 2. The van der Waals surface area contributed by atoms with Gasteiger partial charge in [0.05, 0.1) is 25.4 Å². The molecule has 442 valence electrons. The molecule has 0 aromatic rings. The molecule has 0 saturated heterocycles. The molecule has 0 aliphatic rings. The predicted octanol–water partition coefficient (Wildman–Crippen LogP) is 21.8. The van der Waals surface area contributed by atoms with E-state index in [1.165, 1.54) is 327 Å². The molecule has 3 N–H and O–H groups in total. The van der Waals surface area contributed by atoms with E-state index in [-0.39, 0.29) is 18.5 Å². The third kappa shape index (κ3) is 60.1. The summed E-state index contributed by atoms with van der Waals surface area (Å²) >= 11 is 0. The van der Waals surface area contributed by atoms with Crippen LogP contribution in [-0.4, -0.2) is 47.4 Å². The molecule has 6 heteroatoms. The maximum atomic E-state index is 12.5. The van der Waals surface area contributed by atoms with E-state index in [9.17, 15) is 19.8 Å². The summed E-state index contributed by atoms with van der Waals surface area (Å²) in [5.41, 5.74) is 0. The van der Waals surface area contributed by atoms with Gasteiger partial charge in [-0.05, 0) is 25.7 Å². The van der Waals surface area contributed by atoms with E-state index in [0.29, 0.717) is 25.9 Å². The Morgan fingerprint density at radius 2 is 0.554 bits per heavy atom. The quantitative estimate of drug-likeness (QED) is 0.0417. The van der Waals surface area contributed by atoms with E-state index in [1.54, 1.807) is 0 Å². The zero-order valence-corrected chi connectivity index (χ0v) is 50.6. The van der Waals surface area contributed by atoms with E-state index >= 15 is 0 Å². The van der Waals surface area contributed by atoms with Crippen molar-refractivity contribution in [1.29, 1.82) is 0 Å². The first-order valence-corrected chi connectivity index (χ1v) is 34.3. The van der Waals surface area contributed by atoms with Crippen molar-refractivity contribution in [2.45, 2.75) is 411 Å². The Balaban J connectivity index is 3.37. The van der Waals surface area contributed by atoms with Gasteiger partial charge in [-0.15, -0.1) is 0 Å². The SMILES string of the molecule is CCCCCCCCCCCCCCCCCCCCCCCCCC(O)C(CO)NC(=O)CCCCCCCCCCCCCCCCCCCCCCCCOC(=O)CCCCCCCCCCCCCC. The van der Waals surface area contributed by atoms with Gasteiger partial charge in [-0.25, -0.2) is 0 Å². The molecule has 0 aromatic carbocycles. The van der Waals surface area contributed by atoms with Gasteiger partial charge in [0, 0.05) is 12.8 Å². The molecule has 0 aromatic heterocycles. The van der Waals surface area contributed by atoms with Gasteiger partial charge in [0.25, 0.3) is 0 Å². The smallest absolute Gasteiger partial charge is 0.305 e. The number of hydrogen-bond donors (Lipinski definition) is 3. The van der Waals surface area contributed by atoms with Gasteiger partial charge < -0.3 is 20.3 Å². The average molecular weight is 1050 g/mol. The molecule has 2 atom stereocenters. The normalized spacial score (nSPS) is 12.4. The first-order valence-electron chi connectivity index (χ1n) is 34.3. The summed E-state index contributed by atoms with van der Waals surface area (Å²) in [7, 11) is 0. The highest BCUT2D eigenvalue weighted by molar-refractivity contribution is 5.76. The molecular formula is C68H135NO5. The highest BCUT2D eigenvalue weighted by atomic mass is 16.5. The van der Waals surface area contributed by atoms with Crippen molar-refractivity contribution in [3.63, 3.8) is 0 Å². The Kier molecular flexibility index (Phi) is 63.4. The topological polar surface area (TPSA) is 95.9 Å². The van der Waals surface area contributed by atoms with Crippen molar-refractivity contribution in [3.8, 4) is 0 Å². The number of rotatable bonds is 65. The molecule has 0 aliphatic heterocycles. The molecule has 0 saturated carbocycles. The van der Waals surface area contributed by atoms with E-state index in [2.05, 4.69) is 19.2 Å². The minimum atomic E-state index is -0.664. The molecule has 0 spiro atoms. The van der Waals surface area contributed by atoms with Crippen LogP contribution in [0.15, 0.2) is 0 Å². The van der Waals surface area contributed by atoms with Crippen molar-refractivity contribution in [1.82, 2.24) is 5.32 Å². The largest absolute Gasteiger partial charge is 0.466 e. The van der Waals surface area contributed by atoms with Gasteiger partial charge in [0.2, 0.25) is 5.91 Å². The van der Waals surface area contributed by atoms with E-state index in [4.69, 9.17) is 4.74 Å². The van der Waals surface area contributed by atoms with Gasteiger partial charge in [-0.2, -0.15) is 0 Å². The van der Waals surface area contributed by atoms with Crippen LogP contribution in [0.2, 0.25) is 0 Å². The van der Waals surface area contributed by atoms with Crippen molar-refractivity contribution < 1.29 is 24.5 Å². The summed E-state index contributed by atoms with van der Waals surface area (Å²) in [6.45, 7) is 5.00. The van der Waals surface area contributed by atoms with Crippen LogP contribution >= 0.6 is 0 Å². The van der Waals surface area contributed by atoms with Gasteiger partial charge in [0.15, 0.2) is 0 Å². The van der Waals surface area contributed by atoms with Crippen LogP contribution in [0.3, 0.4) is 0 Å². The van der Waals surface area contributed by atoms with Crippen LogP contribution < -0.4 is 5.32 Å². The molecular weight excluding hydrogens is 911 g/mol. The third-order valence-corrected chi connectivity index (χ3v) is 16.4. The lowest BCUT2D eigenvalue weighted by molar-refractivity contribution is -0.143. The lowest BCUT2D eigenvalue weighted by atomic mass is 10.0. The molecule has 6 nitrogen and oxygen atoms in total. The van der Waals surface area contributed by atoms with Gasteiger partial charge in [-0.1, -0.05) is 361 Å². The summed E-state index contributed by atoms with van der Waals surface area (Å²) in [5, 5.41) is 23.4. The molecule has 0 rings (SSSR count). The Morgan fingerprint density at radius 3 is 0.824 bits per heavy atom. The number of aliphatic hydroxyl groups is 2. The second-order valence-corrected chi connectivity index (χ2v) is 23.9. The third-order valence-electron chi connectivity index (χ3n) is 16.4. The molecule has 0 bridgehead atoms. The number of carbonyl (C=O) groups excluding carboxylic acids is 2. The highest BCUT2D eigenvalue weighted by Gasteiger charge is 2.20. The maximum absolute atomic E-state index is 12.5. The van der Waals surface area contributed by atoms with Crippen molar-refractivity contribution in [2.24, 2.45) is 0 Å². The van der Waals surface area contributed by atoms with Crippen LogP contribution in [0.4, 0.5) is 0 Å². The van der Waals surface area contributed by atoms with E-state index in [1.807, 2.05) is 0 Å². The second kappa shape index (κ2) is 64.4. The lowest BCUT2D eigenvalue weighted by Crippen LogP contribution is -2.45. The van der Waals surface area contributed by atoms with Crippen molar-refractivity contribution in [3.05, 3.63) is 0 Å². The summed E-state index contributed by atoms with van der Waals surface area (Å²) in [4.78, 5) is 24.6. The first-order chi connectivity index (χ1) is 36.5. The van der Waals surface area contributed by atoms with E-state index in [0.717, 1.165) is 38.5 Å². The fourth-order valence-corrected chi connectivity index (χ4v) is 11.2. The fourth-order valence-electron chi connectivity index (χ4n) is 11.2. The number of hydrogen-bond acceptors (Lipinski definition) is 5. The number of nitrogens with one attached hydrogen (secondary N) is 1. The highest BCUT2D eigenvalue weighted by Crippen LogP contribution is 2.19. The summed E-state index contributed by atoms with van der Waals surface area (Å²) in [5.74, 6) is -0.0141. The Bertz CT molecular complexity index is 1070. The first kappa shape index (κ1) is 72.9. The predicted molar refractivity (Wildman–Crippen MR) is 324 cm³/mol. The molecule has 0 heterocycles. The molecule has 74 heavy (non-hydrogen) atoms. The van der Waals surface area contributed by atoms with Crippen LogP contribution in [0, 0.1) is 0 Å². The fraction of sp³-hybridized carbons (Fsp3) is 0.971. The molecule has 0 radical (unpaired) electrons.